The Kier molecular flexibility index (Phi) is 5.06. The monoisotopic (exact) mass is 394 g/mol. The van der Waals surface area contributed by atoms with E-state index in [9.17, 15) is 15.2 Å². The minimum absolute atomic E-state index is 0.0375. The number of methoxy groups -OCH3 is 1. The first-order valence-electron chi connectivity index (χ1n) is 9.33. The van der Waals surface area contributed by atoms with Gasteiger partial charge in [0.25, 0.3) is 5.56 Å². The molecule has 5 heteroatoms. The van der Waals surface area contributed by atoms with E-state index in [1.807, 2.05) is 24.3 Å². The highest BCUT2D eigenvalue weighted by Gasteiger charge is 2.24. The van der Waals surface area contributed by atoms with Gasteiger partial charge in [-0.25, -0.2) is 0 Å². The Morgan fingerprint density at radius 1 is 0.867 bits per heavy atom. The van der Waals surface area contributed by atoms with Crippen molar-refractivity contribution in [3.63, 3.8) is 0 Å². The molecule has 5 nitrogen and oxygen atoms in total. The van der Waals surface area contributed by atoms with E-state index < -0.39 is 5.56 Å². The van der Waals surface area contributed by atoms with Crippen LogP contribution in [-0.4, -0.2) is 16.8 Å². The molecule has 1 heterocycles. The number of hydrogen-bond donors (Lipinski definition) is 1. The van der Waals surface area contributed by atoms with Crippen molar-refractivity contribution in [3.05, 3.63) is 101 Å². The molecule has 3 aromatic carbocycles. The Hall–Kier alpha value is -4.30. The highest BCUT2D eigenvalue weighted by atomic mass is 16.5. The number of pyridine rings is 1. The first-order valence-corrected chi connectivity index (χ1v) is 9.33. The van der Waals surface area contributed by atoms with Crippen molar-refractivity contribution in [2.75, 3.05) is 7.11 Å². The number of aromatic nitrogens is 1. The van der Waals surface area contributed by atoms with Crippen LogP contribution >= 0.6 is 0 Å². The smallest absolute Gasteiger partial charge is 0.267 e. The molecule has 146 valence electrons. The number of hydrogen-bond acceptors (Lipinski definition) is 4. The van der Waals surface area contributed by atoms with Gasteiger partial charge >= 0.3 is 0 Å². The van der Waals surface area contributed by atoms with Gasteiger partial charge < -0.3 is 9.84 Å². The van der Waals surface area contributed by atoms with E-state index in [-0.39, 0.29) is 16.9 Å². The zero-order valence-corrected chi connectivity index (χ0v) is 16.2. The molecule has 0 bridgehead atoms. The number of ether oxygens (including phenoxy) is 1. The minimum Gasteiger partial charge on any atom is -0.506 e. The van der Waals surface area contributed by atoms with E-state index in [4.69, 9.17) is 4.74 Å². The maximum absolute atomic E-state index is 13.7. The molecular weight excluding hydrogens is 376 g/mol. The Morgan fingerprint density at radius 3 is 1.97 bits per heavy atom. The van der Waals surface area contributed by atoms with Crippen molar-refractivity contribution in [3.8, 4) is 45.6 Å². The normalized spacial score (nSPS) is 10.4. The lowest BCUT2D eigenvalue weighted by Crippen LogP contribution is -2.23. The molecule has 0 unspecified atom stereocenters. The maximum Gasteiger partial charge on any atom is 0.267 e. The summed E-state index contributed by atoms with van der Waals surface area (Å²) in [5.41, 5.74) is 1.80. The van der Waals surface area contributed by atoms with Gasteiger partial charge in [0.1, 0.15) is 23.1 Å². The molecule has 0 amide bonds. The van der Waals surface area contributed by atoms with Crippen LogP contribution < -0.4 is 10.3 Å². The fourth-order valence-electron chi connectivity index (χ4n) is 3.48. The molecular formula is C25H18N2O3. The summed E-state index contributed by atoms with van der Waals surface area (Å²) in [6.45, 7) is 0. The lowest BCUT2D eigenvalue weighted by molar-refractivity contribution is 0.414. The van der Waals surface area contributed by atoms with Crippen LogP contribution in [0.5, 0.6) is 11.5 Å². The van der Waals surface area contributed by atoms with Gasteiger partial charge in [-0.05, 0) is 29.8 Å². The van der Waals surface area contributed by atoms with Crippen LogP contribution in [0.25, 0.3) is 28.1 Å². The van der Waals surface area contributed by atoms with E-state index in [0.29, 0.717) is 28.3 Å². The van der Waals surface area contributed by atoms with E-state index in [1.54, 1.807) is 67.8 Å². The molecule has 4 rings (SSSR count). The summed E-state index contributed by atoms with van der Waals surface area (Å²) in [6.07, 6.45) is 0. The third-order valence-electron chi connectivity index (χ3n) is 4.90. The van der Waals surface area contributed by atoms with Gasteiger partial charge in [0, 0.05) is 11.3 Å². The molecule has 4 aromatic rings. The van der Waals surface area contributed by atoms with Crippen LogP contribution in [0.3, 0.4) is 0 Å². The minimum atomic E-state index is -0.415. The Bertz CT molecular complexity index is 1290. The van der Waals surface area contributed by atoms with Gasteiger partial charge in [0.05, 0.1) is 18.4 Å². The van der Waals surface area contributed by atoms with Gasteiger partial charge in [-0.3, -0.25) is 9.36 Å². The highest BCUT2D eigenvalue weighted by molar-refractivity contribution is 5.81. The second-order valence-corrected chi connectivity index (χ2v) is 6.63. The lowest BCUT2D eigenvalue weighted by Gasteiger charge is -2.19. The topological polar surface area (TPSA) is 75.2 Å². The van der Waals surface area contributed by atoms with Crippen LogP contribution in [-0.2, 0) is 0 Å². The summed E-state index contributed by atoms with van der Waals surface area (Å²) in [5, 5.41) is 20.9. The molecule has 0 saturated heterocycles. The number of nitrogens with zero attached hydrogens (tertiary/aromatic N) is 2. The van der Waals surface area contributed by atoms with Crippen LogP contribution in [0.15, 0.2) is 89.7 Å². The van der Waals surface area contributed by atoms with Crippen molar-refractivity contribution in [2.24, 2.45) is 0 Å². The molecule has 1 N–H and O–H groups in total. The van der Waals surface area contributed by atoms with Gasteiger partial charge in [0.2, 0.25) is 0 Å². The van der Waals surface area contributed by atoms with E-state index in [0.717, 1.165) is 0 Å². The molecule has 0 saturated carbocycles. The zero-order valence-electron chi connectivity index (χ0n) is 16.2. The third-order valence-corrected chi connectivity index (χ3v) is 4.90. The van der Waals surface area contributed by atoms with Gasteiger partial charge in [0.15, 0.2) is 0 Å². The summed E-state index contributed by atoms with van der Waals surface area (Å²) >= 11 is 0. The SMILES string of the molecule is COc1ccc(-n2c(-c3ccccc3)c(C#N)c(O)c(-c3ccccc3)c2=O)cc1. The largest absolute Gasteiger partial charge is 0.506 e. The second-order valence-electron chi connectivity index (χ2n) is 6.63. The average Bonchev–Trinajstić information content (AvgIpc) is 2.80. The number of benzene rings is 3. The zero-order chi connectivity index (χ0) is 21.1. The van der Waals surface area contributed by atoms with Crippen molar-refractivity contribution in [1.29, 1.82) is 5.26 Å². The van der Waals surface area contributed by atoms with Crippen LogP contribution in [0.1, 0.15) is 5.56 Å². The molecule has 0 radical (unpaired) electrons. The van der Waals surface area contributed by atoms with Crippen LogP contribution in [0.4, 0.5) is 0 Å². The Labute approximate surface area is 173 Å². The predicted octanol–water partition coefficient (Wildman–Crippen LogP) is 4.76. The van der Waals surface area contributed by atoms with Crippen molar-refractivity contribution in [1.82, 2.24) is 4.57 Å². The molecule has 1 aromatic heterocycles. The molecule has 0 atom stereocenters. The van der Waals surface area contributed by atoms with Gasteiger partial charge in [-0.15, -0.1) is 0 Å². The summed E-state index contributed by atoms with van der Waals surface area (Å²) < 4.78 is 6.70. The van der Waals surface area contributed by atoms with E-state index in [2.05, 4.69) is 6.07 Å². The van der Waals surface area contributed by atoms with Crippen LogP contribution in [0, 0.1) is 11.3 Å². The Balaban J connectivity index is 2.15. The number of rotatable bonds is 4. The summed E-state index contributed by atoms with van der Waals surface area (Å²) in [7, 11) is 1.57. The van der Waals surface area contributed by atoms with Crippen molar-refractivity contribution < 1.29 is 9.84 Å². The summed E-state index contributed by atoms with van der Waals surface area (Å²) in [5.74, 6) is 0.327. The van der Waals surface area contributed by atoms with Gasteiger partial charge in [-0.2, -0.15) is 5.26 Å². The molecule has 0 spiro atoms. The molecule has 0 aliphatic rings. The average molecular weight is 394 g/mol. The van der Waals surface area contributed by atoms with Crippen molar-refractivity contribution in [2.45, 2.75) is 0 Å². The molecule has 0 aliphatic heterocycles. The van der Waals surface area contributed by atoms with Gasteiger partial charge in [-0.1, -0.05) is 60.7 Å². The highest BCUT2D eigenvalue weighted by Crippen LogP contribution is 2.36. The van der Waals surface area contributed by atoms with Crippen molar-refractivity contribution >= 4 is 0 Å². The van der Waals surface area contributed by atoms with E-state index in [1.165, 1.54) is 4.57 Å². The first kappa shape index (κ1) is 19.0. The number of aromatic hydroxyl groups is 1. The second kappa shape index (κ2) is 7.98. The summed E-state index contributed by atoms with van der Waals surface area (Å²) in [4.78, 5) is 13.7. The summed E-state index contributed by atoms with van der Waals surface area (Å²) in [6, 6.07) is 27.0. The third kappa shape index (κ3) is 3.21. The fraction of sp³-hybridized carbons (Fsp3) is 0.0400. The molecule has 30 heavy (non-hydrogen) atoms. The van der Waals surface area contributed by atoms with Crippen LogP contribution in [0.2, 0.25) is 0 Å². The molecule has 0 aliphatic carbocycles. The number of nitriles is 1. The maximum atomic E-state index is 13.7. The molecule has 0 fully saturated rings. The standard InChI is InChI=1S/C25H18N2O3/c1-30-20-14-12-19(13-15-20)27-23(18-10-6-3-7-11-18)21(16-26)24(28)22(25(27)29)17-8-4-2-5-9-17/h2-15,28H,1H3. The fourth-order valence-corrected chi connectivity index (χ4v) is 3.48. The quantitative estimate of drug-likeness (QED) is 0.542. The lowest BCUT2D eigenvalue weighted by atomic mass is 9.98. The van der Waals surface area contributed by atoms with E-state index >= 15 is 0 Å². The first-order chi connectivity index (χ1) is 14.7. The Morgan fingerprint density at radius 2 is 1.43 bits per heavy atom. The predicted molar refractivity (Wildman–Crippen MR) is 116 cm³/mol.